The molecule has 0 aliphatic heterocycles. The van der Waals surface area contributed by atoms with Gasteiger partial charge in [0.2, 0.25) is 17.1 Å². The van der Waals surface area contributed by atoms with E-state index in [0.717, 1.165) is 0 Å². The van der Waals surface area contributed by atoms with Gasteiger partial charge in [0.15, 0.2) is 5.69 Å². The van der Waals surface area contributed by atoms with Gasteiger partial charge in [0, 0.05) is 24.2 Å². The highest BCUT2D eigenvalue weighted by molar-refractivity contribution is 6.04. The summed E-state index contributed by atoms with van der Waals surface area (Å²) in [5.74, 6) is -0.596. The molecule has 0 spiro atoms. The van der Waals surface area contributed by atoms with Crippen molar-refractivity contribution in [3.05, 3.63) is 87.9 Å². The van der Waals surface area contributed by atoms with Crippen molar-refractivity contribution >= 4 is 11.6 Å². The fourth-order valence-electron chi connectivity index (χ4n) is 2.95. The monoisotopic (exact) mass is 405 g/mol. The van der Waals surface area contributed by atoms with Crippen LogP contribution in [0, 0.1) is 19.7 Å². The van der Waals surface area contributed by atoms with Crippen LogP contribution in [-0.2, 0) is 0 Å². The van der Waals surface area contributed by atoms with Crippen LogP contribution in [0.25, 0.3) is 17.1 Å². The molecule has 150 valence electrons. The van der Waals surface area contributed by atoms with E-state index in [4.69, 9.17) is 4.52 Å². The Balaban J connectivity index is 1.73. The van der Waals surface area contributed by atoms with Crippen molar-refractivity contribution in [2.24, 2.45) is 0 Å². The van der Waals surface area contributed by atoms with E-state index in [1.54, 1.807) is 50.2 Å². The zero-order chi connectivity index (χ0) is 21.3. The molecule has 1 amide bonds. The first-order valence-corrected chi connectivity index (χ1v) is 9.01. The third kappa shape index (κ3) is 3.60. The minimum atomic E-state index is -0.738. The molecule has 1 N–H and O–H groups in total. The Labute approximate surface area is 170 Å². The first-order valence-electron chi connectivity index (χ1n) is 9.01. The molecule has 4 aromatic rings. The van der Waals surface area contributed by atoms with Gasteiger partial charge in [-0.05, 0) is 31.2 Å². The van der Waals surface area contributed by atoms with Crippen molar-refractivity contribution in [1.82, 2.24) is 19.9 Å². The molecule has 0 aliphatic rings. The molecule has 2 aromatic heterocycles. The van der Waals surface area contributed by atoms with Crippen molar-refractivity contribution in [2.75, 3.05) is 5.32 Å². The number of nitrogens with one attached hydrogen (secondary N) is 1. The zero-order valence-corrected chi connectivity index (χ0v) is 16.1. The molecular weight excluding hydrogens is 389 g/mol. The van der Waals surface area contributed by atoms with Crippen LogP contribution in [0.4, 0.5) is 10.1 Å². The van der Waals surface area contributed by atoms with E-state index in [1.165, 1.54) is 22.9 Å². The number of hydrogen-bond acceptors (Lipinski definition) is 6. The second-order valence-electron chi connectivity index (χ2n) is 6.50. The fraction of sp³-hybridized carbons (Fsp3) is 0.0952. The number of halogens is 1. The quantitative estimate of drug-likeness (QED) is 0.559. The Morgan fingerprint density at radius 3 is 2.57 bits per heavy atom. The van der Waals surface area contributed by atoms with Crippen molar-refractivity contribution in [3.63, 3.8) is 0 Å². The number of nitrogens with zero attached hydrogens (tertiary/aromatic N) is 4. The molecule has 0 bridgehead atoms. The molecule has 2 heterocycles. The molecule has 0 aliphatic carbocycles. The summed E-state index contributed by atoms with van der Waals surface area (Å²) in [4.78, 5) is 29.4. The van der Waals surface area contributed by atoms with Gasteiger partial charge in [0.25, 0.3) is 5.91 Å². The Morgan fingerprint density at radius 1 is 1.10 bits per heavy atom. The van der Waals surface area contributed by atoms with Gasteiger partial charge in [-0.25, -0.2) is 9.07 Å². The van der Waals surface area contributed by atoms with Crippen LogP contribution >= 0.6 is 0 Å². The van der Waals surface area contributed by atoms with E-state index >= 15 is 0 Å². The zero-order valence-electron chi connectivity index (χ0n) is 16.1. The van der Waals surface area contributed by atoms with Crippen LogP contribution in [0.15, 0.2) is 63.9 Å². The molecular formula is C21H16FN5O3. The predicted molar refractivity (Wildman–Crippen MR) is 107 cm³/mol. The van der Waals surface area contributed by atoms with Crippen LogP contribution in [0.1, 0.15) is 22.1 Å². The first kappa shape index (κ1) is 19.2. The van der Waals surface area contributed by atoms with Gasteiger partial charge in [0.1, 0.15) is 11.5 Å². The largest absolute Gasteiger partial charge is 0.339 e. The van der Waals surface area contributed by atoms with E-state index in [0.29, 0.717) is 28.7 Å². The maximum absolute atomic E-state index is 14.2. The molecule has 2 aromatic carbocycles. The molecule has 4 rings (SSSR count). The van der Waals surface area contributed by atoms with Gasteiger partial charge in [0.05, 0.1) is 5.69 Å². The lowest BCUT2D eigenvalue weighted by atomic mass is 10.1. The number of hydrogen-bond donors (Lipinski definition) is 1. The Morgan fingerprint density at radius 2 is 1.83 bits per heavy atom. The number of para-hydroxylation sites is 2. The van der Waals surface area contributed by atoms with E-state index < -0.39 is 17.2 Å². The summed E-state index contributed by atoms with van der Waals surface area (Å²) in [5, 5.41) is 10.6. The summed E-state index contributed by atoms with van der Waals surface area (Å²) in [6, 6.07) is 14.0. The highest BCUT2D eigenvalue weighted by atomic mass is 19.1. The average Bonchev–Trinajstić information content (AvgIpc) is 3.15. The van der Waals surface area contributed by atoms with Crippen molar-refractivity contribution in [3.8, 4) is 17.1 Å². The van der Waals surface area contributed by atoms with Gasteiger partial charge < -0.3 is 9.84 Å². The molecule has 0 saturated heterocycles. The van der Waals surface area contributed by atoms with Crippen molar-refractivity contribution in [2.45, 2.75) is 13.8 Å². The third-order valence-electron chi connectivity index (χ3n) is 4.35. The smallest absolute Gasteiger partial charge is 0.280 e. The van der Waals surface area contributed by atoms with Crippen LogP contribution in [0.2, 0.25) is 0 Å². The van der Waals surface area contributed by atoms with Crippen LogP contribution in [-0.4, -0.2) is 25.8 Å². The van der Waals surface area contributed by atoms with Gasteiger partial charge in [-0.1, -0.05) is 29.4 Å². The first-order chi connectivity index (χ1) is 14.4. The van der Waals surface area contributed by atoms with Crippen molar-refractivity contribution < 1.29 is 13.7 Å². The fourth-order valence-corrected chi connectivity index (χ4v) is 2.95. The molecule has 0 radical (unpaired) electrons. The maximum Gasteiger partial charge on any atom is 0.280 e. The predicted octanol–water partition coefficient (Wildman–Crippen LogP) is 3.29. The number of anilines is 1. The number of aryl methyl sites for hydroxylation is 2. The maximum atomic E-state index is 14.2. The van der Waals surface area contributed by atoms with Crippen LogP contribution in [0.5, 0.6) is 0 Å². The summed E-state index contributed by atoms with van der Waals surface area (Å²) >= 11 is 0. The Hall–Kier alpha value is -4.14. The summed E-state index contributed by atoms with van der Waals surface area (Å²) in [6.07, 6.45) is 0. The lowest BCUT2D eigenvalue weighted by Gasteiger charge is -2.12. The minimum absolute atomic E-state index is 0.131. The van der Waals surface area contributed by atoms with Gasteiger partial charge in [-0.3, -0.25) is 9.59 Å². The van der Waals surface area contributed by atoms with Gasteiger partial charge in [-0.2, -0.15) is 10.1 Å². The highest BCUT2D eigenvalue weighted by Gasteiger charge is 2.19. The normalized spacial score (nSPS) is 10.8. The van der Waals surface area contributed by atoms with E-state index in [1.807, 2.05) is 0 Å². The number of rotatable bonds is 4. The van der Waals surface area contributed by atoms with Crippen molar-refractivity contribution in [1.29, 1.82) is 0 Å². The molecule has 0 saturated carbocycles. The Bertz CT molecular complexity index is 1310. The van der Waals surface area contributed by atoms with E-state index in [9.17, 15) is 14.0 Å². The molecule has 0 unspecified atom stereocenters. The SMILES string of the molecule is Cc1nc(-c2ccccc2NC(=O)c2nn(-c3ccccc3F)c(C)cc2=O)no1. The summed E-state index contributed by atoms with van der Waals surface area (Å²) < 4.78 is 20.4. The molecule has 0 atom stereocenters. The molecule has 30 heavy (non-hydrogen) atoms. The summed E-state index contributed by atoms with van der Waals surface area (Å²) in [7, 11) is 0. The summed E-state index contributed by atoms with van der Waals surface area (Å²) in [6.45, 7) is 3.26. The third-order valence-corrected chi connectivity index (χ3v) is 4.35. The molecule has 0 fully saturated rings. The van der Waals surface area contributed by atoms with E-state index in [-0.39, 0.29) is 11.4 Å². The average molecular weight is 405 g/mol. The Kier molecular flexibility index (Phi) is 4.93. The number of benzene rings is 2. The van der Waals surface area contributed by atoms with Gasteiger partial charge in [-0.15, -0.1) is 0 Å². The number of carbonyl (C=O) groups excluding carboxylic acids is 1. The second-order valence-corrected chi connectivity index (χ2v) is 6.50. The minimum Gasteiger partial charge on any atom is -0.339 e. The topological polar surface area (TPSA) is 103 Å². The highest BCUT2D eigenvalue weighted by Crippen LogP contribution is 2.25. The number of amides is 1. The lowest BCUT2D eigenvalue weighted by molar-refractivity contribution is 0.101. The number of carbonyl (C=O) groups is 1. The summed E-state index contributed by atoms with van der Waals surface area (Å²) in [5.41, 5.74) is 0.469. The van der Waals surface area contributed by atoms with Crippen LogP contribution in [0.3, 0.4) is 0 Å². The van der Waals surface area contributed by atoms with Crippen LogP contribution < -0.4 is 10.7 Å². The van der Waals surface area contributed by atoms with E-state index in [2.05, 4.69) is 20.6 Å². The number of aromatic nitrogens is 4. The molecule has 8 nitrogen and oxygen atoms in total. The lowest BCUT2D eigenvalue weighted by Crippen LogP contribution is -2.27. The van der Waals surface area contributed by atoms with Gasteiger partial charge >= 0.3 is 0 Å². The molecule has 9 heteroatoms. The standard InChI is InChI=1S/C21H16FN5O3/c1-12-11-18(28)19(25-27(12)17-10-6-4-8-15(17)22)21(29)24-16-9-5-3-7-14(16)20-23-13(2)30-26-20/h3-11H,1-2H3,(H,24,29). The second kappa shape index (κ2) is 7.70.